The highest BCUT2D eigenvalue weighted by Crippen LogP contribution is 2.30. The third-order valence-corrected chi connectivity index (χ3v) is 6.27. The molecule has 1 N–H and O–H groups in total. The molecule has 0 fully saturated rings. The number of benzene rings is 2. The molecule has 0 aromatic heterocycles. The van der Waals surface area contributed by atoms with Crippen LogP contribution in [0.4, 0.5) is 5.69 Å². The standard InChI is InChI=1S/C21H27ClN2O4S/c1-13-9-15(3)18(10-14(13)2)16(4)23-21(25)12-24(29(6,26)27)17-7-8-20(28-5)19(22)11-17/h7-11,16H,12H2,1-6H3,(H,23,25)/t16-/m1/s1. The van der Waals surface area contributed by atoms with Gasteiger partial charge in [0.2, 0.25) is 15.9 Å². The van der Waals surface area contributed by atoms with Gasteiger partial charge in [0.15, 0.2) is 0 Å². The second-order valence-electron chi connectivity index (χ2n) is 7.17. The van der Waals surface area contributed by atoms with E-state index < -0.39 is 15.9 Å². The van der Waals surface area contributed by atoms with Crippen molar-refractivity contribution in [3.63, 3.8) is 0 Å². The minimum Gasteiger partial charge on any atom is -0.495 e. The number of amides is 1. The molecule has 0 saturated carbocycles. The van der Waals surface area contributed by atoms with E-state index in [1.165, 1.54) is 18.7 Å². The van der Waals surface area contributed by atoms with E-state index >= 15 is 0 Å². The fraction of sp³-hybridized carbons (Fsp3) is 0.381. The number of carbonyl (C=O) groups is 1. The molecule has 29 heavy (non-hydrogen) atoms. The lowest BCUT2D eigenvalue weighted by atomic mass is 9.96. The number of hydrogen-bond acceptors (Lipinski definition) is 4. The first-order chi connectivity index (χ1) is 13.4. The van der Waals surface area contributed by atoms with Crippen LogP contribution in [-0.2, 0) is 14.8 Å². The van der Waals surface area contributed by atoms with Crippen molar-refractivity contribution in [1.29, 1.82) is 0 Å². The van der Waals surface area contributed by atoms with Crippen LogP contribution in [0.15, 0.2) is 30.3 Å². The highest BCUT2D eigenvalue weighted by atomic mass is 35.5. The molecule has 0 spiro atoms. The third-order valence-electron chi connectivity index (χ3n) is 4.84. The lowest BCUT2D eigenvalue weighted by Gasteiger charge is -2.24. The summed E-state index contributed by atoms with van der Waals surface area (Å²) in [5, 5.41) is 3.15. The van der Waals surface area contributed by atoms with Crippen LogP contribution in [-0.4, -0.2) is 34.2 Å². The Kier molecular flexibility index (Phi) is 7.19. The number of halogens is 1. The Morgan fingerprint density at radius 2 is 1.76 bits per heavy atom. The van der Waals surface area contributed by atoms with Gasteiger partial charge in [-0.05, 0) is 68.1 Å². The van der Waals surface area contributed by atoms with Crippen LogP contribution in [0.25, 0.3) is 0 Å². The number of carbonyl (C=O) groups excluding carboxylic acids is 1. The summed E-state index contributed by atoms with van der Waals surface area (Å²) in [5.41, 5.74) is 4.69. The zero-order valence-electron chi connectivity index (χ0n) is 17.5. The van der Waals surface area contributed by atoms with Crippen molar-refractivity contribution in [2.24, 2.45) is 0 Å². The Hall–Kier alpha value is -2.25. The van der Waals surface area contributed by atoms with Crippen LogP contribution < -0.4 is 14.4 Å². The van der Waals surface area contributed by atoms with Crippen molar-refractivity contribution in [1.82, 2.24) is 5.32 Å². The number of rotatable bonds is 7. The second-order valence-corrected chi connectivity index (χ2v) is 9.48. The Bertz CT molecular complexity index is 1020. The summed E-state index contributed by atoms with van der Waals surface area (Å²) < 4.78 is 30.7. The predicted molar refractivity (Wildman–Crippen MR) is 117 cm³/mol. The first-order valence-electron chi connectivity index (χ1n) is 9.12. The Balaban J connectivity index is 2.23. The quantitative estimate of drug-likeness (QED) is 0.710. The highest BCUT2D eigenvalue weighted by Gasteiger charge is 2.23. The minimum absolute atomic E-state index is 0.261. The molecular weight excluding hydrogens is 412 g/mol. The Morgan fingerprint density at radius 3 is 2.31 bits per heavy atom. The van der Waals surface area contributed by atoms with E-state index in [-0.39, 0.29) is 17.6 Å². The zero-order chi connectivity index (χ0) is 21.9. The van der Waals surface area contributed by atoms with Gasteiger partial charge in [-0.3, -0.25) is 9.10 Å². The van der Waals surface area contributed by atoms with E-state index in [1.807, 2.05) is 33.8 Å². The Labute approximate surface area is 177 Å². The summed E-state index contributed by atoms with van der Waals surface area (Å²) in [4.78, 5) is 12.7. The minimum atomic E-state index is -3.70. The largest absolute Gasteiger partial charge is 0.495 e. The highest BCUT2D eigenvalue weighted by molar-refractivity contribution is 7.92. The van der Waals surface area contributed by atoms with Gasteiger partial charge in [-0.2, -0.15) is 0 Å². The van der Waals surface area contributed by atoms with Crippen molar-refractivity contribution in [2.45, 2.75) is 33.7 Å². The number of anilines is 1. The molecule has 0 unspecified atom stereocenters. The maximum Gasteiger partial charge on any atom is 0.241 e. The molecule has 1 atom stereocenters. The van der Waals surface area contributed by atoms with Gasteiger partial charge in [-0.15, -0.1) is 0 Å². The monoisotopic (exact) mass is 438 g/mol. The summed E-state index contributed by atoms with van der Waals surface area (Å²) in [6.07, 6.45) is 1.05. The third kappa shape index (κ3) is 5.64. The average Bonchev–Trinajstić information content (AvgIpc) is 2.61. The van der Waals surface area contributed by atoms with Crippen LogP contribution in [0.1, 0.15) is 35.2 Å². The van der Waals surface area contributed by atoms with Crippen LogP contribution in [0.2, 0.25) is 5.02 Å². The zero-order valence-corrected chi connectivity index (χ0v) is 19.1. The van der Waals surface area contributed by atoms with Crippen molar-refractivity contribution in [3.05, 3.63) is 57.6 Å². The van der Waals surface area contributed by atoms with Crippen molar-refractivity contribution in [3.8, 4) is 5.75 Å². The van der Waals surface area contributed by atoms with Crippen LogP contribution in [0.5, 0.6) is 5.75 Å². The molecule has 0 aliphatic heterocycles. The van der Waals surface area contributed by atoms with Gasteiger partial charge in [-0.1, -0.05) is 23.7 Å². The number of ether oxygens (including phenoxy) is 1. The van der Waals surface area contributed by atoms with E-state index in [1.54, 1.807) is 12.1 Å². The number of methoxy groups -OCH3 is 1. The first-order valence-corrected chi connectivity index (χ1v) is 11.3. The normalized spacial score (nSPS) is 12.4. The maximum absolute atomic E-state index is 12.7. The smallest absolute Gasteiger partial charge is 0.241 e. The number of nitrogens with one attached hydrogen (secondary N) is 1. The SMILES string of the molecule is COc1ccc(N(CC(=O)N[C@H](C)c2cc(C)c(C)cc2C)S(C)(=O)=O)cc1Cl. The summed E-state index contributed by atoms with van der Waals surface area (Å²) in [6, 6.07) is 8.45. The fourth-order valence-corrected chi connectivity index (χ4v) is 4.26. The van der Waals surface area contributed by atoms with Gasteiger partial charge in [0, 0.05) is 0 Å². The molecule has 8 heteroatoms. The van der Waals surface area contributed by atoms with Crippen molar-refractivity contribution < 1.29 is 17.9 Å². The van der Waals surface area contributed by atoms with Crippen LogP contribution >= 0.6 is 11.6 Å². The fourth-order valence-electron chi connectivity index (χ4n) is 3.16. The topological polar surface area (TPSA) is 75.7 Å². The first kappa shape index (κ1) is 23.0. The number of aryl methyl sites for hydroxylation is 3. The van der Waals surface area contributed by atoms with Crippen molar-refractivity contribution >= 4 is 33.2 Å². The Morgan fingerprint density at radius 1 is 1.14 bits per heavy atom. The van der Waals surface area contributed by atoms with Crippen LogP contribution in [0, 0.1) is 20.8 Å². The molecule has 2 rings (SSSR count). The molecule has 0 bridgehead atoms. The molecule has 0 radical (unpaired) electrons. The molecule has 0 heterocycles. The molecular formula is C21H27ClN2O4S. The summed E-state index contributed by atoms with van der Waals surface area (Å²) in [6.45, 7) is 7.58. The van der Waals surface area contributed by atoms with Gasteiger partial charge in [0.25, 0.3) is 0 Å². The van der Waals surface area contributed by atoms with Gasteiger partial charge >= 0.3 is 0 Å². The van der Waals surface area contributed by atoms with Crippen molar-refractivity contribution in [2.75, 3.05) is 24.2 Å². The average molecular weight is 439 g/mol. The molecule has 1 amide bonds. The van der Waals surface area contributed by atoms with Gasteiger partial charge in [-0.25, -0.2) is 8.42 Å². The molecule has 0 aliphatic rings. The lowest BCUT2D eigenvalue weighted by Crippen LogP contribution is -2.41. The number of hydrogen-bond donors (Lipinski definition) is 1. The summed E-state index contributed by atoms with van der Waals surface area (Å²) in [5.74, 6) is 0.0136. The van der Waals surface area contributed by atoms with E-state index in [0.717, 1.165) is 27.3 Å². The molecule has 158 valence electrons. The second kappa shape index (κ2) is 9.05. The van der Waals surface area contributed by atoms with Gasteiger partial charge in [0.1, 0.15) is 12.3 Å². The maximum atomic E-state index is 12.7. The van der Waals surface area contributed by atoms with E-state index in [2.05, 4.69) is 11.4 Å². The lowest BCUT2D eigenvalue weighted by molar-refractivity contribution is -0.120. The van der Waals surface area contributed by atoms with E-state index in [0.29, 0.717) is 11.4 Å². The summed E-state index contributed by atoms with van der Waals surface area (Å²) in [7, 11) is -2.23. The predicted octanol–water partition coefficient (Wildman–Crippen LogP) is 3.92. The number of nitrogens with zero attached hydrogens (tertiary/aromatic N) is 1. The van der Waals surface area contributed by atoms with Crippen LogP contribution in [0.3, 0.4) is 0 Å². The molecule has 6 nitrogen and oxygen atoms in total. The molecule has 0 saturated heterocycles. The van der Waals surface area contributed by atoms with E-state index in [4.69, 9.17) is 16.3 Å². The summed E-state index contributed by atoms with van der Waals surface area (Å²) >= 11 is 6.12. The van der Waals surface area contributed by atoms with Gasteiger partial charge < -0.3 is 10.1 Å². The molecule has 0 aliphatic carbocycles. The van der Waals surface area contributed by atoms with E-state index in [9.17, 15) is 13.2 Å². The van der Waals surface area contributed by atoms with Gasteiger partial charge in [0.05, 0.1) is 30.1 Å². The molecule has 2 aromatic rings. The number of sulfonamides is 1. The molecule has 2 aromatic carbocycles.